The molecule has 0 aromatic heterocycles. The predicted octanol–water partition coefficient (Wildman–Crippen LogP) is 4.64. The molecule has 2 heteroatoms. The molecule has 21 heavy (non-hydrogen) atoms. The van der Waals surface area contributed by atoms with Gasteiger partial charge < -0.3 is 5.32 Å². The summed E-state index contributed by atoms with van der Waals surface area (Å²) in [5, 5.41) is 3.41. The SMILES string of the molecule is CCNC(Cc1cc(C)cc(C)c1)c1ccc(C)cc1F. The molecule has 1 nitrogen and oxygen atoms in total. The molecule has 2 aromatic rings. The first-order chi connectivity index (χ1) is 9.99. The van der Waals surface area contributed by atoms with Crippen molar-refractivity contribution < 1.29 is 4.39 Å². The Morgan fingerprint density at radius 1 is 0.952 bits per heavy atom. The summed E-state index contributed by atoms with van der Waals surface area (Å²) in [4.78, 5) is 0. The Balaban J connectivity index is 2.30. The lowest BCUT2D eigenvalue weighted by atomic mass is 9.95. The number of nitrogens with one attached hydrogen (secondary N) is 1. The molecule has 0 radical (unpaired) electrons. The van der Waals surface area contributed by atoms with Gasteiger partial charge in [0.2, 0.25) is 0 Å². The third-order valence-electron chi connectivity index (χ3n) is 3.70. The van der Waals surface area contributed by atoms with Gasteiger partial charge in [0.1, 0.15) is 5.82 Å². The van der Waals surface area contributed by atoms with Crippen LogP contribution in [0.3, 0.4) is 0 Å². The van der Waals surface area contributed by atoms with Gasteiger partial charge in [-0.05, 0) is 50.9 Å². The van der Waals surface area contributed by atoms with Crippen LogP contribution in [0.5, 0.6) is 0 Å². The molecule has 1 atom stereocenters. The van der Waals surface area contributed by atoms with Crippen LogP contribution in [0.1, 0.15) is 40.8 Å². The smallest absolute Gasteiger partial charge is 0.128 e. The van der Waals surface area contributed by atoms with Crippen molar-refractivity contribution in [3.05, 3.63) is 70.0 Å². The molecule has 0 spiro atoms. The zero-order valence-corrected chi connectivity index (χ0v) is 13.3. The molecule has 1 unspecified atom stereocenters. The Hall–Kier alpha value is -1.67. The Labute approximate surface area is 127 Å². The maximum Gasteiger partial charge on any atom is 0.128 e. The van der Waals surface area contributed by atoms with E-state index in [2.05, 4.69) is 44.3 Å². The van der Waals surface area contributed by atoms with Gasteiger partial charge in [-0.15, -0.1) is 0 Å². The summed E-state index contributed by atoms with van der Waals surface area (Å²) in [6.45, 7) is 9.00. The second kappa shape index (κ2) is 6.86. The van der Waals surface area contributed by atoms with Crippen LogP contribution in [0.15, 0.2) is 36.4 Å². The van der Waals surface area contributed by atoms with Crippen LogP contribution in [-0.4, -0.2) is 6.54 Å². The summed E-state index contributed by atoms with van der Waals surface area (Å²) in [6.07, 6.45) is 0.802. The van der Waals surface area contributed by atoms with Gasteiger partial charge in [0.25, 0.3) is 0 Å². The summed E-state index contributed by atoms with van der Waals surface area (Å²) in [5.74, 6) is -0.120. The fourth-order valence-corrected chi connectivity index (χ4v) is 2.88. The lowest BCUT2D eigenvalue weighted by molar-refractivity contribution is 0.509. The third-order valence-corrected chi connectivity index (χ3v) is 3.70. The van der Waals surface area contributed by atoms with Crippen molar-refractivity contribution in [2.45, 2.75) is 40.2 Å². The van der Waals surface area contributed by atoms with Crippen molar-refractivity contribution >= 4 is 0 Å². The van der Waals surface area contributed by atoms with E-state index in [1.807, 2.05) is 19.1 Å². The fraction of sp³-hybridized carbons (Fsp3) is 0.368. The second-order valence-corrected chi connectivity index (χ2v) is 5.84. The molecule has 0 heterocycles. The molecule has 2 rings (SSSR count). The number of halogens is 1. The summed E-state index contributed by atoms with van der Waals surface area (Å²) < 4.78 is 14.2. The highest BCUT2D eigenvalue weighted by Gasteiger charge is 2.15. The zero-order chi connectivity index (χ0) is 15.4. The van der Waals surface area contributed by atoms with Crippen LogP contribution in [0.2, 0.25) is 0 Å². The van der Waals surface area contributed by atoms with Crippen molar-refractivity contribution in [1.29, 1.82) is 0 Å². The van der Waals surface area contributed by atoms with Gasteiger partial charge in [-0.25, -0.2) is 4.39 Å². The Morgan fingerprint density at radius 2 is 1.62 bits per heavy atom. The number of hydrogen-bond acceptors (Lipinski definition) is 1. The summed E-state index contributed by atoms with van der Waals surface area (Å²) >= 11 is 0. The van der Waals surface area contributed by atoms with E-state index < -0.39 is 0 Å². The normalized spacial score (nSPS) is 12.4. The van der Waals surface area contributed by atoms with Gasteiger partial charge in [0.05, 0.1) is 0 Å². The van der Waals surface area contributed by atoms with Crippen molar-refractivity contribution in [3.8, 4) is 0 Å². The molecule has 112 valence electrons. The van der Waals surface area contributed by atoms with Gasteiger partial charge in [-0.2, -0.15) is 0 Å². The van der Waals surface area contributed by atoms with Crippen molar-refractivity contribution in [2.24, 2.45) is 0 Å². The summed E-state index contributed by atoms with van der Waals surface area (Å²) in [6, 6.07) is 12.0. The van der Waals surface area contributed by atoms with Gasteiger partial charge in [-0.1, -0.05) is 48.4 Å². The average Bonchev–Trinajstić information content (AvgIpc) is 2.37. The van der Waals surface area contributed by atoms with Crippen LogP contribution in [0, 0.1) is 26.6 Å². The minimum Gasteiger partial charge on any atom is -0.310 e. The van der Waals surface area contributed by atoms with Crippen molar-refractivity contribution in [1.82, 2.24) is 5.32 Å². The summed E-state index contributed by atoms with van der Waals surface area (Å²) in [5.41, 5.74) is 5.46. The number of likely N-dealkylation sites (N-methyl/N-ethyl adjacent to an activating group) is 1. The molecule has 0 bridgehead atoms. The molecule has 1 N–H and O–H groups in total. The quantitative estimate of drug-likeness (QED) is 0.843. The fourth-order valence-electron chi connectivity index (χ4n) is 2.88. The topological polar surface area (TPSA) is 12.0 Å². The first-order valence-corrected chi connectivity index (χ1v) is 7.56. The van der Waals surface area contributed by atoms with E-state index in [1.165, 1.54) is 16.7 Å². The minimum absolute atomic E-state index is 0.0109. The highest BCUT2D eigenvalue weighted by Crippen LogP contribution is 2.23. The van der Waals surface area contributed by atoms with Crippen LogP contribution in [-0.2, 0) is 6.42 Å². The largest absolute Gasteiger partial charge is 0.310 e. The van der Waals surface area contributed by atoms with Crippen molar-refractivity contribution in [3.63, 3.8) is 0 Å². The van der Waals surface area contributed by atoms with E-state index in [-0.39, 0.29) is 11.9 Å². The molecule has 0 fully saturated rings. The van der Waals surface area contributed by atoms with Gasteiger partial charge in [-0.3, -0.25) is 0 Å². The van der Waals surface area contributed by atoms with Crippen LogP contribution in [0.4, 0.5) is 4.39 Å². The number of benzene rings is 2. The molecule has 0 aliphatic rings. The highest BCUT2D eigenvalue weighted by molar-refractivity contribution is 5.32. The molecular formula is C19H24FN. The monoisotopic (exact) mass is 285 g/mol. The third kappa shape index (κ3) is 4.15. The van der Waals surface area contributed by atoms with Gasteiger partial charge >= 0.3 is 0 Å². The first-order valence-electron chi connectivity index (χ1n) is 7.56. The number of rotatable bonds is 5. The molecule has 2 aromatic carbocycles. The molecule has 0 saturated carbocycles. The van der Waals surface area contributed by atoms with Crippen molar-refractivity contribution in [2.75, 3.05) is 6.54 Å². The van der Waals surface area contributed by atoms with E-state index in [0.717, 1.165) is 24.1 Å². The van der Waals surface area contributed by atoms with E-state index in [4.69, 9.17) is 0 Å². The lowest BCUT2D eigenvalue weighted by Gasteiger charge is -2.20. The van der Waals surface area contributed by atoms with E-state index >= 15 is 0 Å². The van der Waals surface area contributed by atoms with E-state index in [9.17, 15) is 4.39 Å². The van der Waals surface area contributed by atoms with Crippen LogP contribution < -0.4 is 5.32 Å². The molecular weight excluding hydrogens is 261 g/mol. The maximum atomic E-state index is 14.2. The van der Waals surface area contributed by atoms with E-state index in [1.54, 1.807) is 6.07 Å². The average molecular weight is 285 g/mol. The van der Waals surface area contributed by atoms with Crippen LogP contribution in [0.25, 0.3) is 0 Å². The van der Waals surface area contributed by atoms with E-state index in [0.29, 0.717) is 0 Å². The number of hydrogen-bond donors (Lipinski definition) is 1. The standard InChI is InChI=1S/C19H24FN/c1-5-21-19(17-7-6-13(2)11-18(17)20)12-16-9-14(3)8-15(4)10-16/h6-11,19,21H,5,12H2,1-4H3. The van der Waals surface area contributed by atoms with Crippen LogP contribution >= 0.6 is 0 Å². The molecule has 0 saturated heterocycles. The lowest BCUT2D eigenvalue weighted by Crippen LogP contribution is -2.24. The highest BCUT2D eigenvalue weighted by atomic mass is 19.1. The minimum atomic E-state index is -0.120. The Bertz CT molecular complexity index is 599. The maximum absolute atomic E-state index is 14.2. The number of aryl methyl sites for hydroxylation is 3. The molecule has 0 aliphatic carbocycles. The Morgan fingerprint density at radius 3 is 2.19 bits per heavy atom. The Kier molecular flexibility index (Phi) is 5.13. The first kappa shape index (κ1) is 15.7. The summed E-state index contributed by atoms with van der Waals surface area (Å²) in [7, 11) is 0. The predicted molar refractivity (Wildman–Crippen MR) is 87.2 cm³/mol. The molecule has 0 amide bonds. The van der Waals surface area contributed by atoms with Gasteiger partial charge in [0, 0.05) is 11.6 Å². The zero-order valence-electron chi connectivity index (χ0n) is 13.3. The molecule has 0 aliphatic heterocycles. The second-order valence-electron chi connectivity index (χ2n) is 5.84. The van der Waals surface area contributed by atoms with Gasteiger partial charge in [0.15, 0.2) is 0 Å².